The molecule has 0 fully saturated rings. The van der Waals surface area contributed by atoms with E-state index in [0.29, 0.717) is 24.8 Å². The Morgan fingerprint density at radius 3 is 2.55 bits per heavy atom. The molecule has 160 valence electrons. The zero-order valence-corrected chi connectivity index (χ0v) is 19.3. The van der Waals surface area contributed by atoms with Gasteiger partial charge in [0, 0.05) is 32.5 Å². The van der Waals surface area contributed by atoms with E-state index in [4.69, 9.17) is 4.74 Å². The van der Waals surface area contributed by atoms with Crippen molar-refractivity contribution in [3.05, 3.63) is 54.6 Å². The largest absolute Gasteiger partial charge is 0.489 e. The fourth-order valence-corrected chi connectivity index (χ4v) is 3.20. The first-order valence-corrected chi connectivity index (χ1v) is 10.2. The Bertz CT molecular complexity index is 867. The van der Waals surface area contributed by atoms with Crippen molar-refractivity contribution in [3.63, 3.8) is 0 Å². The maximum Gasteiger partial charge on any atom is 0.242 e. The predicted molar refractivity (Wildman–Crippen MR) is 121 cm³/mol. The second-order valence-corrected chi connectivity index (χ2v) is 7.62. The summed E-state index contributed by atoms with van der Waals surface area (Å²) < 4.78 is 45.2. The number of guanidine groups is 1. The molecule has 1 aromatic carbocycles. The summed E-state index contributed by atoms with van der Waals surface area (Å²) in [7, 11) is -1.98. The van der Waals surface area contributed by atoms with E-state index in [9.17, 15) is 12.8 Å². The molecular weight excluding hydrogens is 512 g/mol. The van der Waals surface area contributed by atoms with E-state index < -0.39 is 10.0 Å². The van der Waals surface area contributed by atoms with Crippen LogP contribution in [-0.4, -0.2) is 52.1 Å². The Hall–Kier alpha value is -1.99. The first-order valence-electron chi connectivity index (χ1n) is 8.67. The van der Waals surface area contributed by atoms with Gasteiger partial charge in [-0.2, -0.15) is 0 Å². The molecule has 0 aliphatic carbocycles. The number of hydrogen-bond donors (Lipinski definition) is 3. The van der Waals surface area contributed by atoms with E-state index in [0.717, 1.165) is 0 Å². The number of pyridine rings is 1. The molecule has 0 aliphatic rings. The van der Waals surface area contributed by atoms with Gasteiger partial charge in [-0.15, -0.1) is 24.0 Å². The Kier molecular flexibility index (Phi) is 10.8. The second-order valence-electron chi connectivity index (χ2n) is 5.85. The molecule has 0 saturated carbocycles. The van der Waals surface area contributed by atoms with Crippen molar-refractivity contribution in [3.8, 4) is 5.75 Å². The lowest BCUT2D eigenvalue weighted by Gasteiger charge is -2.18. The van der Waals surface area contributed by atoms with E-state index in [1.165, 1.54) is 30.6 Å². The molecule has 0 radical (unpaired) electrons. The number of ether oxygens (including phenoxy) is 1. The van der Waals surface area contributed by atoms with E-state index in [-0.39, 0.29) is 47.3 Å². The molecule has 2 aromatic rings. The first kappa shape index (κ1) is 25.0. The highest BCUT2D eigenvalue weighted by atomic mass is 127. The molecule has 11 heteroatoms. The van der Waals surface area contributed by atoms with Gasteiger partial charge in [-0.3, -0.25) is 9.98 Å². The van der Waals surface area contributed by atoms with Crippen LogP contribution in [0.3, 0.4) is 0 Å². The minimum Gasteiger partial charge on any atom is -0.489 e. The normalized spacial score (nSPS) is 12.6. The van der Waals surface area contributed by atoms with Crippen LogP contribution in [0.5, 0.6) is 5.75 Å². The Balaban J connectivity index is 0.00000420. The molecule has 1 atom stereocenters. The Morgan fingerprint density at radius 2 is 1.93 bits per heavy atom. The summed E-state index contributed by atoms with van der Waals surface area (Å²) in [5.74, 6) is 0.764. The van der Waals surface area contributed by atoms with Gasteiger partial charge in [-0.1, -0.05) is 0 Å². The molecule has 2 rings (SSSR count). The molecule has 8 nitrogen and oxygen atoms in total. The van der Waals surface area contributed by atoms with Crippen LogP contribution >= 0.6 is 24.0 Å². The molecule has 3 N–H and O–H groups in total. The third-order valence-corrected chi connectivity index (χ3v) is 5.03. The SMILES string of the molecule is CN=C(NCCNS(=O)(=O)c1cccnc1)NCC(C)Oc1ccc(F)cc1.I. The molecule has 1 aromatic heterocycles. The number of sulfonamides is 1. The molecule has 0 spiro atoms. The zero-order valence-electron chi connectivity index (χ0n) is 16.1. The number of nitrogens with zero attached hydrogens (tertiary/aromatic N) is 2. The maximum absolute atomic E-state index is 12.9. The van der Waals surface area contributed by atoms with Gasteiger partial charge in [0.25, 0.3) is 0 Å². The van der Waals surface area contributed by atoms with Crippen LogP contribution in [0.25, 0.3) is 0 Å². The van der Waals surface area contributed by atoms with Gasteiger partial charge in [-0.05, 0) is 43.3 Å². The topological polar surface area (TPSA) is 105 Å². The highest BCUT2D eigenvalue weighted by Gasteiger charge is 2.13. The molecule has 0 aliphatic heterocycles. The molecular formula is C18H25FIN5O3S. The predicted octanol–water partition coefficient (Wildman–Crippen LogP) is 1.75. The lowest BCUT2D eigenvalue weighted by Crippen LogP contribution is -2.44. The monoisotopic (exact) mass is 537 g/mol. The van der Waals surface area contributed by atoms with Gasteiger partial charge in [0.1, 0.15) is 22.6 Å². The highest BCUT2D eigenvalue weighted by Crippen LogP contribution is 2.12. The number of hydrogen-bond acceptors (Lipinski definition) is 5. The Morgan fingerprint density at radius 1 is 1.21 bits per heavy atom. The lowest BCUT2D eigenvalue weighted by molar-refractivity contribution is 0.223. The lowest BCUT2D eigenvalue weighted by atomic mass is 10.3. The first-order chi connectivity index (χ1) is 13.4. The number of halogens is 2. The summed E-state index contributed by atoms with van der Waals surface area (Å²) in [5.41, 5.74) is 0. The highest BCUT2D eigenvalue weighted by molar-refractivity contribution is 14.0. The summed E-state index contributed by atoms with van der Waals surface area (Å²) in [5, 5.41) is 6.09. The van der Waals surface area contributed by atoms with Crippen molar-refractivity contribution in [2.45, 2.75) is 17.9 Å². The molecule has 0 amide bonds. The van der Waals surface area contributed by atoms with Gasteiger partial charge in [0.2, 0.25) is 10.0 Å². The molecule has 1 heterocycles. The third kappa shape index (κ3) is 8.92. The van der Waals surface area contributed by atoms with Crippen molar-refractivity contribution in [1.82, 2.24) is 20.3 Å². The van der Waals surface area contributed by atoms with Gasteiger partial charge >= 0.3 is 0 Å². The van der Waals surface area contributed by atoms with E-state index in [1.807, 2.05) is 6.92 Å². The molecule has 1 unspecified atom stereocenters. The van der Waals surface area contributed by atoms with Crippen molar-refractivity contribution < 1.29 is 17.5 Å². The van der Waals surface area contributed by atoms with Crippen LogP contribution in [0.4, 0.5) is 4.39 Å². The van der Waals surface area contributed by atoms with Crippen LogP contribution in [0, 0.1) is 5.82 Å². The molecule has 0 saturated heterocycles. The van der Waals surface area contributed by atoms with E-state index in [1.54, 1.807) is 25.2 Å². The van der Waals surface area contributed by atoms with E-state index in [2.05, 4.69) is 25.3 Å². The summed E-state index contributed by atoms with van der Waals surface area (Å²) in [6.45, 7) is 2.84. The van der Waals surface area contributed by atoms with Gasteiger partial charge < -0.3 is 15.4 Å². The number of aromatic nitrogens is 1. The smallest absolute Gasteiger partial charge is 0.242 e. The Labute approximate surface area is 187 Å². The number of rotatable bonds is 9. The van der Waals surface area contributed by atoms with Crippen molar-refractivity contribution in [2.75, 3.05) is 26.7 Å². The third-order valence-electron chi connectivity index (χ3n) is 3.59. The molecule has 0 bridgehead atoms. The fraction of sp³-hybridized carbons (Fsp3) is 0.333. The van der Waals surface area contributed by atoms with Crippen molar-refractivity contribution >= 4 is 40.0 Å². The average Bonchev–Trinajstić information content (AvgIpc) is 2.70. The summed E-state index contributed by atoms with van der Waals surface area (Å²) in [6, 6.07) is 8.84. The van der Waals surface area contributed by atoms with Gasteiger partial charge in [-0.25, -0.2) is 17.5 Å². The van der Waals surface area contributed by atoms with Crippen LogP contribution in [-0.2, 0) is 10.0 Å². The average molecular weight is 537 g/mol. The summed E-state index contributed by atoms with van der Waals surface area (Å²) in [6.07, 6.45) is 2.61. The summed E-state index contributed by atoms with van der Waals surface area (Å²) >= 11 is 0. The summed E-state index contributed by atoms with van der Waals surface area (Å²) in [4.78, 5) is 7.99. The van der Waals surface area contributed by atoms with Crippen LogP contribution in [0.2, 0.25) is 0 Å². The zero-order chi connectivity index (χ0) is 20.4. The number of nitrogens with one attached hydrogen (secondary N) is 3. The molecule has 29 heavy (non-hydrogen) atoms. The second kappa shape index (κ2) is 12.5. The van der Waals surface area contributed by atoms with Crippen molar-refractivity contribution in [2.24, 2.45) is 4.99 Å². The number of aliphatic imine (C=N–C) groups is 1. The number of benzene rings is 1. The maximum atomic E-state index is 12.9. The fourth-order valence-electron chi connectivity index (χ4n) is 2.20. The van der Waals surface area contributed by atoms with Gasteiger partial charge in [0.15, 0.2) is 5.96 Å². The quantitative estimate of drug-likeness (QED) is 0.195. The van der Waals surface area contributed by atoms with E-state index >= 15 is 0 Å². The minimum absolute atomic E-state index is 0. The van der Waals surface area contributed by atoms with Crippen LogP contribution < -0.4 is 20.1 Å². The standard InChI is InChI=1S/C18H24FN5O3S.HI/c1-14(27-16-7-5-15(19)6-8-16)12-23-18(20-2)22-10-11-24-28(25,26)17-4-3-9-21-13-17;/h3-9,13-14,24H,10-12H2,1-2H3,(H2,20,22,23);1H. The minimum atomic E-state index is -3.59. The van der Waals surface area contributed by atoms with Crippen molar-refractivity contribution in [1.29, 1.82) is 0 Å². The van der Waals surface area contributed by atoms with Gasteiger partial charge in [0.05, 0.1) is 6.54 Å². The van der Waals surface area contributed by atoms with Crippen LogP contribution in [0.1, 0.15) is 6.92 Å². The van der Waals surface area contributed by atoms with Crippen LogP contribution in [0.15, 0.2) is 58.7 Å².